The lowest BCUT2D eigenvalue weighted by Crippen LogP contribution is -2.26. The Morgan fingerprint density at radius 1 is 1.22 bits per heavy atom. The molecule has 0 radical (unpaired) electrons. The Morgan fingerprint density at radius 3 is 2.67 bits per heavy atom. The molecule has 0 atom stereocenters. The molecular formula is C11H9Cl2N3OS. The molecule has 4 nitrogen and oxygen atoms in total. The minimum Gasteiger partial charge on any atom is -0.350 e. The number of aromatic nitrogens is 2. The van der Waals surface area contributed by atoms with Gasteiger partial charge in [0.2, 0.25) is 0 Å². The Labute approximate surface area is 118 Å². The minimum atomic E-state index is -0.262. The fourth-order valence-electron chi connectivity index (χ4n) is 1.31. The molecule has 2 rings (SSSR count). The zero-order valence-electron chi connectivity index (χ0n) is 9.19. The van der Waals surface area contributed by atoms with Gasteiger partial charge in [-0.3, -0.25) is 4.79 Å². The van der Waals surface area contributed by atoms with Crippen LogP contribution >= 0.6 is 34.5 Å². The van der Waals surface area contributed by atoms with Gasteiger partial charge in [-0.1, -0.05) is 23.2 Å². The van der Waals surface area contributed by atoms with Crippen molar-refractivity contribution < 1.29 is 4.79 Å². The number of carbonyl (C=O) groups excluding carboxylic acids is 1. The number of nitrogens with one attached hydrogen (secondary N) is 1. The Kier molecular flexibility index (Phi) is 4.52. The molecule has 18 heavy (non-hydrogen) atoms. The number of thiophene rings is 1. The molecule has 2 heterocycles. The molecule has 2 aromatic rings. The summed E-state index contributed by atoms with van der Waals surface area (Å²) >= 11 is 12.9. The van der Waals surface area contributed by atoms with Crippen molar-refractivity contribution in [2.24, 2.45) is 0 Å². The maximum absolute atomic E-state index is 11.7. The summed E-state index contributed by atoms with van der Waals surface area (Å²) in [4.78, 5) is 12.8. The standard InChI is InChI=1S/C11H9Cl2N3OS/c12-9-3-2-8(15-16-9)11(17)14-6-5-7-1-4-10(13)18-7/h1-4H,5-6H2,(H,14,17). The highest BCUT2D eigenvalue weighted by molar-refractivity contribution is 7.16. The van der Waals surface area contributed by atoms with Gasteiger partial charge in [-0.15, -0.1) is 21.5 Å². The van der Waals surface area contributed by atoms with E-state index in [9.17, 15) is 4.79 Å². The van der Waals surface area contributed by atoms with E-state index in [1.54, 1.807) is 0 Å². The van der Waals surface area contributed by atoms with Crippen LogP contribution in [-0.4, -0.2) is 22.6 Å². The largest absolute Gasteiger partial charge is 0.350 e. The third-order valence-corrected chi connectivity index (χ3v) is 3.64. The van der Waals surface area contributed by atoms with Crippen LogP contribution in [0.2, 0.25) is 9.49 Å². The van der Waals surface area contributed by atoms with Crippen LogP contribution in [0.5, 0.6) is 0 Å². The Bertz CT molecular complexity index is 541. The monoisotopic (exact) mass is 301 g/mol. The number of halogens is 2. The van der Waals surface area contributed by atoms with Crippen LogP contribution in [-0.2, 0) is 6.42 Å². The van der Waals surface area contributed by atoms with Crippen molar-refractivity contribution >= 4 is 40.4 Å². The highest BCUT2D eigenvalue weighted by Gasteiger charge is 2.07. The van der Waals surface area contributed by atoms with E-state index in [4.69, 9.17) is 23.2 Å². The average Bonchev–Trinajstić information content (AvgIpc) is 2.76. The summed E-state index contributed by atoms with van der Waals surface area (Å²) in [6.45, 7) is 0.528. The molecule has 0 unspecified atom stereocenters. The molecule has 2 aromatic heterocycles. The van der Waals surface area contributed by atoms with Gasteiger partial charge in [0.15, 0.2) is 10.8 Å². The smallest absolute Gasteiger partial charge is 0.271 e. The molecule has 7 heteroatoms. The third kappa shape index (κ3) is 3.66. The predicted molar refractivity (Wildman–Crippen MR) is 72.4 cm³/mol. The van der Waals surface area contributed by atoms with E-state index < -0.39 is 0 Å². The van der Waals surface area contributed by atoms with Crippen molar-refractivity contribution in [1.29, 1.82) is 0 Å². The van der Waals surface area contributed by atoms with Crippen LogP contribution in [0, 0.1) is 0 Å². The van der Waals surface area contributed by atoms with Crippen LogP contribution in [0.25, 0.3) is 0 Å². The van der Waals surface area contributed by atoms with E-state index in [0.29, 0.717) is 6.54 Å². The van der Waals surface area contributed by atoms with Gasteiger partial charge in [0.05, 0.1) is 4.34 Å². The molecule has 0 fully saturated rings. The van der Waals surface area contributed by atoms with Crippen LogP contribution in [0.1, 0.15) is 15.4 Å². The van der Waals surface area contributed by atoms with E-state index in [-0.39, 0.29) is 16.8 Å². The Balaban J connectivity index is 1.83. The average molecular weight is 302 g/mol. The number of hydrogen-bond donors (Lipinski definition) is 1. The molecule has 0 aliphatic carbocycles. The molecule has 0 saturated carbocycles. The third-order valence-electron chi connectivity index (χ3n) is 2.15. The molecule has 0 spiro atoms. The van der Waals surface area contributed by atoms with Crippen molar-refractivity contribution in [3.8, 4) is 0 Å². The summed E-state index contributed by atoms with van der Waals surface area (Å²) in [6, 6.07) is 6.85. The SMILES string of the molecule is O=C(NCCc1ccc(Cl)s1)c1ccc(Cl)nn1. The number of amides is 1. The Hall–Kier alpha value is -1.17. The van der Waals surface area contributed by atoms with Gasteiger partial charge in [0.25, 0.3) is 5.91 Å². The summed E-state index contributed by atoms with van der Waals surface area (Å²) in [5, 5.41) is 10.3. The van der Waals surface area contributed by atoms with Crippen molar-refractivity contribution in [2.45, 2.75) is 6.42 Å². The first-order valence-corrected chi connectivity index (χ1v) is 6.74. The lowest BCUT2D eigenvalue weighted by molar-refractivity contribution is 0.0948. The summed E-state index contributed by atoms with van der Waals surface area (Å²) in [7, 11) is 0. The van der Waals surface area contributed by atoms with Gasteiger partial charge in [-0.2, -0.15) is 0 Å². The summed E-state index contributed by atoms with van der Waals surface area (Å²) < 4.78 is 0.750. The topological polar surface area (TPSA) is 54.9 Å². The number of carbonyl (C=O) groups is 1. The second-order valence-corrected chi connectivity index (χ2v) is 5.64. The van der Waals surface area contributed by atoms with Gasteiger partial charge in [0.1, 0.15) is 0 Å². The fraction of sp³-hybridized carbons (Fsp3) is 0.182. The summed E-state index contributed by atoms with van der Waals surface area (Å²) in [6.07, 6.45) is 0.740. The van der Waals surface area contributed by atoms with E-state index in [1.807, 2.05) is 12.1 Å². The molecular weight excluding hydrogens is 293 g/mol. The first-order chi connectivity index (χ1) is 8.65. The van der Waals surface area contributed by atoms with E-state index in [1.165, 1.54) is 23.5 Å². The molecule has 0 aromatic carbocycles. The molecule has 0 aliphatic rings. The van der Waals surface area contributed by atoms with Gasteiger partial charge in [-0.25, -0.2) is 0 Å². The van der Waals surface area contributed by atoms with E-state index in [0.717, 1.165) is 15.6 Å². The summed E-state index contributed by atoms with van der Waals surface area (Å²) in [5.41, 5.74) is 0.253. The first-order valence-electron chi connectivity index (χ1n) is 5.17. The van der Waals surface area contributed by atoms with Crippen molar-refractivity contribution in [3.05, 3.63) is 44.3 Å². The van der Waals surface area contributed by atoms with Gasteiger partial charge >= 0.3 is 0 Å². The number of rotatable bonds is 4. The number of nitrogens with zero attached hydrogens (tertiary/aromatic N) is 2. The van der Waals surface area contributed by atoms with Gasteiger partial charge < -0.3 is 5.32 Å². The van der Waals surface area contributed by atoms with E-state index >= 15 is 0 Å². The van der Waals surface area contributed by atoms with Crippen LogP contribution < -0.4 is 5.32 Å². The fourth-order valence-corrected chi connectivity index (χ4v) is 2.50. The van der Waals surface area contributed by atoms with Gasteiger partial charge in [-0.05, 0) is 30.7 Å². The van der Waals surface area contributed by atoms with Crippen molar-refractivity contribution in [1.82, 2.24) is 15.5 Å². The molecule has 0 aliphatic heterocycles. The zero-order chi connectivity index (χ0) is 13.0. The van der Waals surface area contributed by atoms with Crippen LogP contribution in [0.15, 0.2) is 24.3 Å². The second kappa shape index (κ2) is 6.13. The zero-order valence-corrected chi connectivity index (χ0v) is 11.5. The minimum absolute atomic E-state index is 0.253. The molecule has 1 N–H and O–H groups in total. The highest BCUT2D eigenvalue weighted by atomic mass is 35.5. The van der Waals surface area contributed by atoms with Gasteiger partial charge in [0, 0.05) is 11.4 Å². The predicted octanol–water partition coefficient (Wildman–Crippen LogP) is 2.82. The lowest BCUT2D eigenvalue weighted by Gasteiger charge is -2.02. The molecule has 0 bridgehead atoms. The van der Waals surface area contributed by atoms with E-state index in [2.05, 4.69) is 15.5 Å². The molecule has 1 amide bonds. The molecule has 94 valence electrons. The lowest BCUT2D eigenvalue weighted by atomic mass is 10.3. The quantitative estimate of drug-likeness (QED) is 0.945. The maximum Gasteiger partial charge on any atom is 0.271 e. The van der Waals surface area contributed by atoms with Crippen molar-refractivity contribution in [3.63, 3.8) is 0 Å². The van der Waals surface area contributed by atoms with Crippen molar-refractivity contribution in [2.75, 3.05) is 6.54 Å². The van der Waals surface area contributed by atoms with Crippen LogP contribution in [0.4, 0.5) is 0 Å². The maximum atomic E-state index is 11.7. The molecule has 0 saturated heterocycles. The first kappa shape index (κ1) is 13.3. The Morgan fingerprint density at radius 2 is 2.06 bits per heavy atom. The summed E-state index contributed by atoms with van der Waals surface area (Å²) in [5.74, 6) is -0.262. The normalized spacial score (nSPS) is 10.3. The highest BCUT2D eigenvalue weighted by Crippen LogP contribution is 2.21. The number of hydrogen-bond acceptors (Lipinski definition) is 4. The van der Waals surface area contributed by atoms with Crippen LogP contribution in [0.3, 0.4) is 0 Å². The second-order valence-electron chi connectivity index (χ2n) is 3.45.